The smallest absolute Gasteiger partial charge is 0.267 e. The van der Waals surface area contributed by atoms with E-state index in [1.165, 1.54) is 11.3 Å². The van der Waals surface area contributed by atoms with Crippen molar-refractivity contribution in [1.82, 2.24) is 4.98 Å². The van der Waals surface area contributed by atoms with Crippen LogP contribution in [-0.4, -0.2) is 31.2 Å². The van der Waals surface area contributed by atoms with Gasteiger partial charge < -0.3 is 25.3 Å². The molecule has 3 N–H and O–H groups in total. The van der Waals surface area contributed by atoms with E-state index < -0.39 is 0 Å². The molecule has 5 rings (SSSR count). The number of anilines is 2. The molecular formula is C21H17N3O4S. The fourth-order valence-corrected chi connectivity index (χ4v) is 4.27. The molecule has 2 aromatic heterocycles. The average molecular weight is 407 g/mol. The molecule has 0 unspecified atom stereocenters. The molecule has 0 bridgehead atoms. The molecule has 4 aromatic rings. The molecule has 1 amide bonds. The number of nitrogen functional groups attached to an aromatic ring is 1. The first-order valence-corrected chi connectivity index (χ1v) is 9.82. The average Bonchev–Trinajstić information content (AvgIpc) is 3.06. The number of benzene rings is 2. The summed E-state index contributed by atoms with van der Waals surface area (Å²) in [5, 5.41) is 4.49. The number of methoxy groups -OCH3 is 1. The van der Waals surface area contributed by atoms with Crippen LogP contribution in [0, 0.1) is 0 Å². The molecule has 146 valence electrons. The number of hydrogen-bond donors (Lipinski definition) is 2. The normalized spacial score (nSPS) is 12.9. The number of rotatable bonds is 3. The molecule has 0 saturated heterocycles. The van der Waals surface area contributed by atoms with E-state index in [2.05, 4.69) is 10.3 Å². The Morgan fingerprint density at radius 2 is 1.97 bits per heavy atom. The van der Waals surface area contributed by atoms with Gasteiger partial charge in [0.15, 0.2) is 11.5 Å². The molecule has 7 nitrogen and oxygen atoms in total. The van der Waals surface area contributed by atoms with Gasteiger partial charge in [-0.25, -0.2) is 4.98 Å². The first-order valence-electron chi connectivity index (χ1n) is 9.00. The summed E-state index contributed by atoms with van der Waals surface area (Å²) in [5.74, 6) is 1.74. The Balaban J connectivity index is 1.54. The number of nitrogens with one attached hydrogen (secondary N) is 1. The predicted molar refractivity (Wildman–Crippen MR) is 113 cm³/mol. The summed E-state index contributed by atoms with van der Waals surface area (Å²) in [5.41, 5.74) is 8.12. The maximum absolute atomic E-state index is 12.8. The molecule has 2 aromatic carbocycles. The summed E-state index contributed by atoms with van der Waals surface area (Å²) < 4.78 is 16.5. The second-order valence-corrected chi connectivity index (χ2v) is 7.56. The van der Waals surface area contributed by atoms with Crippen molar-refractivity contribution in [3.8, 4) is 17.2 Å². The van der Waals surface area contributed by atoms with Gasteiger partial charge in [0.25, 0.3) is 5.91 Å². The first-order chi connectivity index (χ1) is 14.1. The maximum atomic E-state index is 12.8. The number of fused-ring (bicyclic) bond motifs is 3. The number of carbonyl (C=O) groups is 1. The highest BCUT2D eigenvalue weighted by atomic mass is 32.1. The molecule has 1 aliphatic rings. The Labute approximate surface area is 170 Å². The van der Waals surface area contributed by atoms with Crippen LogP contribution in [0.1, 0.15) is 9.67 Å². The van der Waals surface area contributed by atoms with Crippen molar-refractivity contribution >= 4 is 49.7 Å². The monoisotopic (exact) mass is 407 g/mol. The highest BCUT2D eigenvalue weighted by Crippen LogP contribution is 2.39. The molecule has 8 heteroatoms. The molecule has 0 radical (unpaired) electrons. The van der Waals surface area contributed by atoms with Crippen molar-refractivity contribution in [3.63, 3.8) is 0 Å². The molecule has 29 heavy (non-hydrogen) atoms. The largest absolute Gasteiger partial charge is 0.497 e. The number of carbonyl (C=O) groups excluding carboxylic acids is 1. The SMILES string of the molecule is COc1cccc(NC(=O)c2sc3nc4cc5c(cc4cc3c2N)OCCO5)c1. The Kier molecular flexibility index (Phi) is 4.13. The highest BCUT2D eigenvalue weighted by Gasteiger charge is 2.20. The minimum atomic E-state index is -0.284. The van der Waals surface area contributed by atoms with Crippen LogP contribution < -0.4 is 25.3 Å². The van der Waals surface area contributed by atoms with Crippen LogP contribution in [0.4, 0.5) is 11.4 Å². The molecule has 0 aliphatic carbocycles. The molecule has 0 fully saturated rings. The number of amides is 1. The Morgan fingerprint density at radius 3 is 2.76 bits per heavy atom. The van der Waals surface area contributed by atoms with Crippen molar-refractivity contribution < 1.29 is 19.0 Å². The van der Waals surface area contributed by atoms with Crippen LogP contribution in [0.3, 0.4) is 0 Å². The van der Waals surface area contributed by atoms with Crippen LogP contribution in [0.15, 0.2) is 42.5 Å². The zero-order valence-electron chi connectivity index (χ0n) is 15.5. The standard InChI is InChI=1S/C21H17N3O4S/c1-26-13-4-2-3-12(9-13)23-20(25)19-18(22)14-7-11-8-16-17(28-6-5-27-16)10-15(11)24-21(14)29-19/h2-4,7-10H,5-6,22H2,1H3,(H,23,25). The van der Waals surface area contributed by atoms with Gasteiger partial charge in [-0.05, 0) is 24.3 Å². The summed E-state index contributed by atoms with van der Waals surface area (Å²) >= 11 is 1.26. The lowest BCUT2D eigenvalue weighted by molar-refractivity contribution is 0.103. The number of nitrogens with two attached hydrogens (primary N) is 1. The molecule has 0 saturated carbocycles. The second-order valence-electron chi connectivity index (χ2n) is 6.56. The van der Waals surface area contributed by atoms with Gasteiger partial charge in [0.1, 0.15) is 28.7 Å². The summed E-state index contributed by atoms with van der Waals surface area (Å²) in [7, 11) is 1.58. The Bertz CT molecular complexity index is 1270. The quantitative estimate of drug-likeness (QED) is 0.532. The predicted octanol–water partition coefficient (Wildman–Crippen LogP) is 4.06. The summed E-state index contributed by atoms with van der Waals surface area (Å²) in [6.45, 7) is 1.03. The van der Waals surface area contributed by atoms with E-state index in [9.17, 15) is 4.79 Å². The van der Waals surface area contributed by atoms with E-state index in [1.54, 1.807) is 19.2 Å². The minimum Gasteiger partial charge on any atom is -0.497 e. The van der Waals surface area contributed by atoms with Crippen molar-refractivity contribution in [2.24, 2.45) is 0 Å². The van der Waals surface area contributed by atoms with E-state index in [0.717, 1.165) is 16.3 Å². The lowest BCUT2D eigenvalue weighted by atomic mass is 10.1. The number of ether oxygens (including phenoxy) is 3. The second kappa shape index (κ2) is 6.82. The first kappa shape index (κ1) is 17.6. The minimum absolute atomic E-state index is 0.284. The third kappa shape index (κ3) is 3.07. The summed E-state index contributed by atoms with van der Waals surface area (Å²) in [4.78, 5) is 18.6. The van der Waals surface area contributed by atoms with Crippen molar-refractivity contribution in [2.75, 3.05) is 31.4 Å². The molecule has 3 heterocycles. The number of thiophene rings is 1. The maximum Gasteiger partial charge on any atom is 0.267 e. The molecule has 0 atom stereocenters. The van der Waals surface area contributed by atoms with Gasteiger partial charge in [-0.2, -0.15) is 0 Å². The van der Waals surface area contributed by atoms with Crippen LogP contribution in [0.2, 0.25) is 0 Å². The summed E-state index contributed by atoms with van der Waals surface area (Å²) in [6, 6.07) is 12.8. The number of aromatic nitrogens is 1. The number of hydrogen-bond acceptors (Lipinski definition) is 7. The van der Waals surface area contributed by atoms with Gasteiger partial charge in [0.2, 0.25) is 0 Å². The van der Waals surface area contributed by atoms with E-state index in [1.807, 2.05) is 30.3 Å². The number of nitrogens with zero attached hydrogens (tertiary/aromatic N) is 1. The molecule has 0 spiro atoms. The van der Waals surface area contributed by atoms with Gasteiger partial charge >= 0.3 is 0 Å². The fraction of sp³-hybridized carbons (Fsp3) is 0.143. The van der Waals surface area contributed by atoms with E-state index in [-0.39, 0.29) is 5.91 Å². The topological polar surface area (TPSA) is 95.7 Å². The Hall–Kier alpha value is -3.52. The van der Waals surface area contributed by atoms with E-state index >= 15 is 0 Å². The highest BCUT2D eigenvalue weighted by molar-refractivity contribution is 7.21. The van der Waals surface area contributed by atoms with Crippen molar-refractivity contribution in [3.05, 3.63) is 47.3 Å². The lowest BCUT2D eigenvalue weighted by Gasteiger charge is -2.18. The third-order valence-electron chi connectivity index (χ3n) is 4.71. The number of pyridine rings is 1. The van der Waals surface area contributed by atoms with Crippen molar-refractivity contribution in [1.29, 1.82) is 0 Å². The van der Waals surface area contributed by atoms with Crippen LogP contribution in [0.5, 0.6) is 17.2 Å². The van der Waals surface area contributed by atoms with Gasteiger partial charge in [-0.15, -0.1) is 11.3 Å². The summed E-state index contributed by atoms with van der Waals surface area (Å²) in [6.07, 6.45) is 0. The fourth-order valence-electron chi connectivity index (χ4n) is 3.30. The molecular weight excluding hydrogens is 390 g/mol. The van der Waals surface area contributed by atoms with Crippen LogP contribution in [-0.2, 0) is 0 Å². The van der Waals surface area contributed by atoms with Gasteiger partial charge in [-0.3, -0.25) is 4.79 Å². The zero-order valence-corrected chi connectivity index (χ0v) is 16.3. The Morgan fingerprint density at radius 1 is 1.17 bits per heavy atom. The molecule has 1 aliphatic heterocycles. The lowest BCUT2D eigenvalue weighted by Crippen LogP contribution is -2.15. The van der Waals surface area contributed by atoms with Crippen LogP contribution in [0.25, 0.3) is 21.1 Å². The van der Waals surface area contributed by atoms with Gasteiger partial charge in [0, 0.05) is 28.6 Å². The van der Waals surface area contributed by atoms with E-state index in [0.29, 0.717) is 51.5 Å². The van der Waals surface area contributed by atoms with Gasteiger partial charge in [0.05, 0.1) is 18.3 Å². The van der Waals surface area contributed by atoms with Crippen molar-refractivity contribution in [2.45, 2.75) is 0 Å². The van der Waals surface area contributed by atoms with Gasteiger partial charge in [-0.1, -0.05) is 6.07 Å². The third-order valence-corrected chi connectivity index (χ3v) is 5.83. The van der Waals surface area contributed by atoms with E-state index in [4.69, 9.17) is 19.9 Å². The van der Waals surface area contributed by atoms with Crippen LogP contribution >= 0.6 is 11.3 Å². The zero-order chi connectivity index (χ0) is 20.0.